The number of aromatic nitrogens is 2. The van der Waals surface area contributed by atoms with Crippen LogP contribution in [-0.2, 0) is 16.4 Å². The minimum atomic E-state index is -4.28. The minimum absolute atomic E-state index is 0.0453. The third kappa shape index (κ3) is 3.91. The smallest absolute Gasteiger partial charge is 0.238 e. The molecule has 0 fully saturated rings. The van der Waals surface area contributed by atoms with Gasteiger partial charge in [0.05, 0.1) is 33.5 Å². The lowest BCUT2D eigenvalue weighted by Crippen LogP contribution is -2.13. The normalized spacial score (nSPS) is 11.6. The maximum absolute atomic E-state index is 14.9. The van der Waals surface area contributed by atoms with Gasteiger partial charge in [-0.2, -0.15) is 5.26 Å². The molecule has 0 atom stereocenters. The van der Waals surface area contributed by atoms with Crippen LogP contribution in [0.1, 0.15) is 22.4 Å². The summed E-state index contributed by atoms with van der Waals surface area (Å²) in [6.45, 7) is 1.87. The zero-order chi connectivity index (χ0) is 22.3. The number of nitrogens with zero attached hydrogens (tertiary/aromatic N) is 3. The topological polar surface area (TPSA) is 101 Å². The quantitative estimate of drug-likeness (QED) is 0.525. The highest BCUT2D eigenvalue weighted by atomic mass is 32.2. The molecular formula is C22H16F2N4O2S. The van der Waals surface area contributed by atoms with E-state index in [2.05, 4.69) is 11.1 Å². The van der Waals surface area contributed by atoms with Gasteiger partial charge in [-0.15, -0.1) is 0 Å². The Bertz CT molecular complexity index is 1460. The number of sulfonamides is 1. The number of hydrogen-bond acceptors (Lipinski definition) is 4. The maximum Gasteiger partial charge on any atom is 0.238 e. The summed E-state index contributed by atoms with van der Waals surface area (Å²) in [5.74, 6) is -2.17. The number of pyridine rings is 1. The van der Waals surface area contributed by atoms with Crippen LogP contribution in [0.4, 0.5) is 8.78 Å². The second-order valence-electron chi connectivity index (χ2n) is 7.14. The Labute approximate surface area is 177 Å². The highest BCUT2D eigenvalue weighted by Crippen LogP contribution is 2.32. The summed E-state index contributed by atoms with van der Waals surface area (Å²) >= 11 is 0. The van der Waals surface area contributed by atoms with Gasteiger partial charge in [-0.3, -0.25) is 0 Å². The molecular weight excluding hydrogens is 422 g/mol. The summed E-state index contributed by atoms with van der Waals surface area (Å²) in [6.07, 6.45) is 1.99. The second kappa shape index (κ2) is 7.58. The van der Waals surface area contributed by atoms with Gasteiger partial charge in [0.1, 0.15) is 17.3 Å². The molecule has 0 saturated heterocycles. The summed E-state index contributed by atoms with van der Waals surface area (Å²) < 4.78 is 54.6. The van der Waals surface area contributed by atoms with Crippen molar-refractivity contribution >= 4 is 15.7 Å². The molecule has 0 aliphatic rings. The van der Waals surface area contributed by atoms with E-state index in [9.17, 15) is 17.2 Å². The first-order chi connectivity index (χ1) is 14.7. The molecule has 2 aromatic carbocycles. The summed E-state index contributed by atoms with van der Waals surface area (Å²) in [5.41, 5.74) is 2.70. The fourth-order valence-corrected chi connectivity index (χ4v) is 3.99. The molecule has 9 heteroatoms. The number of hydrogen-bond donors (Lipinski definition) is 1. The monoisotopic (exact) mass is 438 g/mol. The van der Waals surface area contributed by atoms with E-state index < -0.39 is 32.1 Å². The Balaban J connectivity index is 1.96. The van der Waals surface area contributed by atoms with E-state index >= 15 is 0 Å². The largest absolute Gasteiger partial charge is 0.303 e. The molecule has 0 aliphatic heterocycles. The van der Waals surface area contributed by atoms with Crippen LogP contribution >= 0.6 is 0 Å². The number of nitriles is 1. The average molecular weight is 438 g/mol. The van der Waals surface area contributed by atoms with E-state index in [1.54, 1.807) is 40.9 Å². The van der Waals surface area contributed by atoms with Crippen LogP contribution in [0.2, 0.25) is 0 Å². The Morgan fingerprint density at radius 1 is 1.13 bits per heavy atom. The molecule has 4 aromatic rings. The fourth-order valence-electron chi connectivity index (χ4n) is 3.45. The van der Waals surface area contributed by atoms with Gasteiger partial charge < -0.3 is 4.40 Å². The zero-order valence-electron chi connectivity index (χ0n) is 16.3. The summed E-state index contributed by atoms with van der Waals surface area (Å²) in [6, 6.07) is 13.9. The number of aryl methyl sites for hydroxylation is 1. The Kier molecular flexibility index (Phi) is 5.05. The number of imidazole rings is 1. The van der Waals surface area contributed by atoms with Gasteiger partial charge in [0.2, 0.25) is 10.0 Å². The summed E-state index contributed by atoms with van der Waals surface area (Å²) in [4.78, 5) is 3.78. The molecule has 2 heterocycles. The van der Waals surface area contributed by atoms with Gasteiger partial charge in [0.15, 0.2) is 0 Å². The van der Waals surface area contributed by atoms with E-state index in [0.29, 0.717) is 29.0 Å². The molecule has 0 amide bonds. The van der Waals surface area contributed by atoms with E-state index in [0.717, 1.165) is 11.1 Å². The first-order valence-electron chi connectivity index (χ1n) is 9.16. The van der Waals surface area contributed by atoms with Gasteiger partial charge in [0.25, 0.3) is 0 Å². The first kappa shape index (κ1) is 20.7. The zero-order valence-corrected chi connectivity index (χ0v) is 17.1. The number of primary sulfonamides is 1. The molecule has 0 unspecified atom stereocenters. The van der Waals surface area contributed by atoms with E-state index in [1.807, 2.05) is 13.0 Å². The molecule has 31 heavy (non-hydrogen) atoms. The number of nitrogens with two attached hydrogens (primary N) is 1. The molecule has 6 nitrogen and oxygen atoms in total. The van der Waals surface area contributed by atoms with Crippen LogP contribution in [0.3, 0.4) is 0 Å². The van der Waals surface area contributed by atoms with Gasteiger partial charge in [-0.25, -0.2) is 27.3 Å². The van der Waals surface area contributed by atoms with Crippen LogP contribution in [0.25, 0.3) is 16.9 Å². The lowest BCUT2D eigenvalue weighted by Gasteiger charge is -2.09. The van der Waals surface area contributed by atoms with Crippen molar-refractivity contribution in [3.05, 3.63) is 88.7 Å². The Hall–Kier alpha value is -3.61. The Morgan fingerprint density at radius 2 is 1.84 bits per heavy atom. The molecule has 4 rings (SSSR count). The minimum Gasteiger partial charge on any atom is -0.303 e. The van der Waals surface area contributed by atoms with Gasteiger partial charge in [-0.1, -0.05) is 12.1 Å². The molecule has 0 spiro atoms. The predicted octanol–water partition coefficient (Wildman–Crippen LogP) is 3.70. The van der Waals surface area contributed by atoms with Crippen molar-refractivity contribution in [1.29, 1.82) is 5.26 Å². The number of benzene rings is 2. The van der Waals surface area contributed by atoms with Crippen LogP contribution in [0, 0.1) is 29.9 Å². The van der Waals surface area contributed by atoms with Crippen molar-refractivity contribution in [3.8, 4) is 17.3 Å². The van der Waals surface area contributed by atoms with E-state index in [-0.39, 0.29) is 12.1 Å². The van der Waals surface area contributed by atoms with Crippen molar-refractivity contribution in [2.45, 2.75) is 18.2 Å². The van der Waals surface area contributed by atoms with Crippen LogP contribution in [-0.4, -0.2) is 17.8 Å². The van der Waals surface area contributed by atoms with Crippen LogP contribution < -0.4 is 5.14 Å². The lowest BCUT2D eigenvalue weighted by molar-refractivity contribution is 0.571. The highest BCUT2D eigenvalue weighted by molar-refractivity contribution is 7.89. The lowest BCUT2D eigenvalue weighted by atomic mass is 10.0. The summed E-state index contributed by atoms with van der Waals surface area (Å²) in [7, 11) is -4.28. The third-order valence-electron chi connectivity index (χ3n) is 4.89. The first-order valence-corrected chi connectivity index (χ1v) is 10.7. The number of rotatable bonds is 4. The van der Waals surface area contributed by atoms with Crippen molar-refractivity contribution < 1.29 is 17.2 Å². The van der Waals surface area contributed by atoms with Crippen LogP contribution in [0.5, 0.6) is 0 Å². The molecule has 0 aliphatic carbocycles. The SMILES string of the molecule is Cc1ccn2c(Cc3cccc(C#N)c3)c(-c3c(F)cc(S(N)(=O)=O)cc3F)nc2c1. The molecule has 156 valence electrons. The summed E-state index contributed by atoms with van der Waals surface area (Å²) in [5, 5.41) is 14.2. The van der Waals surface area contributed by atoms with Gasteiger partial charge in [-0.05, 0) is 54.4 Å². The van der Waals surface area contributed by atoms with E-state index in [4.69, 9.17) is 10.4 Å². The van der Waals surface area contributed by atoms with E-state index in [1.165, 1.54) is 0 Å². The van der Waals surface area contributed by atoms with Crippen molar-refractivity contribution in [1.82, 2.24) is 9.38 Å². The number of halogens is 2. The maximum atomic E-state index is 14.9. The van der Waals surface area contributed by atoms with Crippen molar-refractivity contribution in [2.24, 2.45) is 5.14 Å². The Morgan fingerprint density at radius 3 is 2.48 bits per heavy atom. The van der Waals surface area contributed by atoms with Crippen molar-refractivity contribution in [3.63, 3.8) is 0 Å². The molecule has 2 N–H and O–H groups in total. The second-order valence-corrected chi connectivity index (χ2v) is 8.70. The highest BCUT2D eigenvalue weighted by Gasteiger charge is 2.24. The van der Waals surface area contributed by atoms with Crippen LogP contribution in [0.15, 0.2) is 59.6 Å². The predicted molar refractivity (Wildman–Crippen MR) is 111 cm³/mol. The number of fused-ring (bicyclic) bond motifs is 1. The molecule has 2 aromatic heterocycles. The van der Waals surface area contributed by atoms with Crippen molar-refractivity contribution in [2.75, 3.05) is 0 Å². The standard InChI is InChI=1S/C22H16F2N4O2S/c1-13-5-6-28-19(9-14-3-2-4-15(8-14)12-25)22(27-20(28)7-13)21-17(23)10-16(11-18(21)24)31(26,29)30/h2-8,10-11H,9H2,1H3,(H2,26,29,30). The van der Waals surface area contributed by atoms with Gasteiger partial charge >= 0.3 is 0 Å². The van der Waals surface area contributed by atoms with Gasteiger partial charge in [0, 0.05) is 12.6 Å². The third-order valence-corrected chi connectivity index (χ3v) is 5.78. The molecule has 0 saturated carbocycles. The molecule has 0 radical (unpaired) electrons. The molecule has 0 bridgehead atoms. The fraction of sp³-hybridized carbons (Fsp3) is 0.0909. The average Bonchev–Trinajstić information content (AvgIpc) is 3.03.